The molecule has 0 bridgehead atoms. The van der Waals surface area contributed by atoms with E-state index in [4.69, 9.17) is 10.5 Å². The van der Waals surface area contributed by atoms with Crippen LogP contribution in [0.2, 0.25) is 0 Å². The van der Waals surface area contributed by atoms with E-state index in [1.807, 2.05) is 6.07 Å². The summed E-state index contributed by atoms with van der Waals surface area (Å²) in [4.78, 5) is 0. The van der Waals surface area contributed by atoms with Gasteiger partial charge in [-0.3, -0.25) is 0 Å². The fraction of sp³-hybridized carbons (Fsp3) is 0.600. The Morgan fingerprint density at radius 2 is 2.21 bits per heavy atom. The van der Waals surface area contributed by atoms with Crippen LogP contribution in [0.3, 0.4) is 0 Å². The zero-order chi connectivity index (χ0) is 13.5. The molecule has 3 rings (SSSR count). The van der Waals surface area contributed by atoms with Crippen molar-refractivity contribution in [2.24, 2.45) is 17.1 Å². The van der Waals surface area contributed by atoms with E-state index < -0.39 is 0 Å². The molecule has 1 aliphatic carbocycles. The Morgan fingerprint density at radius 3 is 2.89 bits per heavy atom. The van der Waals surface area contributed by atoms with E-state index >= 15 is 0 Å². The maximum absolute atomic E-state index is 13.6. The number of hydrogen-bond acceptors (Lipinski definition) is 2. The highest BCUT2D eigenvalue weighted by atomic mass is 79.9. The van der Waals surface area contributed by atoms with Gasteiger partial charge in [0.05, 0.1) is 10.6 Å². The lowest BCUT2D eigenvalue weighted by atomic mass is 9.74. The summed E-state index contributed by atoms with van der Waals surface area (Å²) in [6, 6.07) is 5.22. The third-order valence-electron chi connectivity index (χ3n) is 4.53. The molecule has 1 saturated carbocycles. The molecular formula is C15H19BrFNO. The van der Waals surface area contributed by atoms with Gasteiger partial charge in [-0.2, -0.15) is 0 Å². The van der Waals surface area contributed by atoms with Gasteiger partial charge in [0.2, 0.25) is 0 Å². The Balaban J connectivity index is 1.88. The molecule has 2 atom stereocenters. The van der Waals surface area contributed by atoms with Crippen molar-refractivity contribution in [1.29, 1.82) is 0 Å². The average Bonchev–Trinajstić information content (AvgIpc) is 3.17. The highest BCUT2D eigenvalue weighted by molar-refractivity contribution is 9.10. The van der Waals surface area contributed by atoms with Crippen LogP contribution in [0.1, 0.15) is 24.8 Å². The van der Waals surface area contributed by atoms with Gasteiger partial charge < -0.3 is 10.5 Å². The van der Waals surface area contributed by atoms with Gasteiger partial charge in [0, 0.05) is 18.6 Å². The van der Waals surface area contributed by atoms with Crippen LogP contribution in [-0.4, -0.2) is 19.3 Å². The smallest absolute Gasteiger partial charge is 0.137 e. The molecule has 104 valence electrons. The van der Waals surface area contributed by atoms with Gasteiger partial charge in [-0.15, -0.1) is 0 Å². The minimum absolute atomic E-state index is 0.0164. The third-order valence-corrected chi connectivity index (χ3v) is 5.42. The number of hydrogen-bond donors (Lipinski definition) is 1. The van der Waals surface area contributed by atoms with E-state index in [0.29, 0.717) is 16.9 Å². The summed E-state index contributed by atoms with van der Waals surface area (Å²) in [6.45, 7) is 1.39. The van der Waals surface area contributed by atoms with Crippen LogP contribution >= 0.6 is 15.9 Å². The first-order chi connectivity index (χ1) is 9.16. The topological polar surface area (TPSA) is 35.2 Å². The van der Waals surface area contributed by atoms with Crippen molar-refractivity contribution in [2.45, 2.75) is 31.8 Å². The first kappa shape index (κ1) is 13.5. The summed E-state index contributed by atoms with van der Waals surface area (Å²) in [5, 5.41) is 0. The van der Waals surface area contributed by atoms with Gasteiger partial charge in [-0.1, -0.05) is 12.1 Å². The molecule has 0 radical (unpaired) electrons. The standard InChI is InChI=1S/C15H19BrFNO/c16-13-11(2-1-3-12(13)17)8-15(9-18)6-7-19-14(15)10-4-5-10/h1-3,10,14H,4-9,18H2. The zero-order valence-corrected chi connectivity index (χ0v) is 12.5. The predicted octanol–water partition coefficient (Wildman–Crippen LogP) is 3.27. The molecule has 1 aromatic carbocycles. The van der Waals surface area contributed by atoms with Crippen molar-refractivity contribution in [1.82, 2.24) is 0 Å². The van der Waals surface area contributed by atoms with Crippen LogP contribution < -0.4 is 5.73 Å². The van der Waals surface area contributed by atoms with E-state index in [2.05, 4.69) is 15.9 Å². The van der Waals surface area contributed by atoms with Crippen LogP contribution in [0.4, 0.5) is 4.39 Å². The molecule has 0 amide bonds. The van der Waals surface area contributed by atoms with Gasteiger partial charge in [-0.25, -0.2) is 4.39 Å². The number of ether oxygens (including phenoxy) is 1. The van der Waals surface area contributed by atoms with Gasteiger partial charge in [-0.05, 0) is 59.2 Å². The highest BCUT2D eigenvalue weighted by Crippen LogP contribution is 2.49. The fourth-order valence-electron chi connectivity index (χ4n) is 3.29. The second kappa shape index (κ2) is 5.15. The van der Waals surface area contributed by atoms with Crippen molar-refractivity contribution in [3.8, 4) is 0 Å². The van der Waals surface area contributed by atoms with E-state index in [1.54, 1.807) is 6.07 Å². The molecule has 2 fully saturated rings. The number of halogens is 2. The Hall–Kier alpha value is -0.450. The van der Waals surface area contributed by atoms with Gasteiger partial charge >= 0.3 is 0 Å². The first-order valence-electron chi connectivity index (χ1n) is 6.91. The Bertz CT molecular complexity index is 477. The number of benzene rings is 1. The minimum atomic E-state index is -0.202. The van der Waals surface area contributed by atoms with Gasteiger partial charge in [0.15, 0.2) is 0 Å². The number of nitrogens with two attached hydrogens (primary N) is 1. The SMILES string of the molecule is NCC1(Cc2cccc(F)c2Br)CCOC1C1CC1. The quantitative estimate of drug-likeness (QED) is 0.921. The molecule has 1 heterocycles. The van der Waals surface area contributed by atoms with Crippen molar-refractivity contribution in [3.63, 3.8) is 0 Å². The molecule has 2 unspecified atom stereocenters. The Labute approximate surface area is 121 Å². The molecule has 2 N–H and O–H groups in total. The molecule has 0 aromatic heterocycles. The first-order valence-corrected chi connectivity index (χ1v) is 7.70. The van der Waals surface area contributed by atoms with Crippen LogP contribution in [0.15, 0.2) is 22.7 Å². The lowest BCUT2D eigenvalue weighted by Gasteiger charge is -2.33. The summed E-state index contributed by atoms with van der Waals surface area (Å²) >= 11 is 3.36. The summed E-state index contributed by atoms with van der Waals surface area (Å²) in [5.74, 6) is 0.463. The molecule has 1 aliphatic heterocycles. The van der Waals surface area contributed by atoms with Crippen LogP contribution in [-0.2, 0) is 11.2 Å². The van der Waals surface area contributed by atoms with E-state index in [0.717, 1.165) is 25.0 Å². The monoisotopic (exact) mass is 327 g/mol. The maximum atomic E-state index is 13.6. The summed E-state index contributed by atoms with van der Waals surface area (Å²) in [6.07, 6.45) is 4.53. The summed E-state index contributed by atoms with van der Waals surface area (Å²) in [7, 11) is 0. The Morgan fingerprint density at radius 1 is 1.42 bits per heavy atom. The van der Waals surface area contributed by atoms with Gasteiger partial charge in [0.25, 0.3) is 0 Å². The number of rotatable bonds is 4. The normalized spacial score (nSPS) is 30.8. The predicted molar refractivity (Wildman–Crippen MR) is 76.4 cm³/mol. The maximum Gasteiger partial charge on any atom is 0.137 e. The molecule has 2 aliphatic rings. The molecule has 2 nitrogen and oxygen atoms in total. The average molecular weight is 328 g/mol. The second-order valence-electron chi connectivity index (χ2n) is 5.84. The van der Waals surface area contributed by atoms with Crippen LogP contribution in [0.25, 0.3) is 0 Å². The van der Waals surface area contributed by atoms with E-state index in [9.17, 15) is 4.39 Å². The fourth-order valence-corrected chi connectivity index (χ4v) is 3.69. The molecule has 1 aromatic rings. The summed E-state index contributed by atoms with van der Waals surface area (Å²) < 4.78 is 20.2. The Kier molecular flexibility index (Phi) is 3.67. The lowest BCUT2D eigenvalue weighted by molar-refractivity contribution is 0.0344. The summed E-state index contributed by atoms with van der Waals surface area (Å²) in [5.41, 5.74) is 7.06. The molecule has 19 heavy (non-hydrogen) atoms. The molecular weight excluding hydrogens is 309 g/mol. The van der Waals surface area contributed by atoms with Gasteiger partial charge in [0.1, 0.15) is 5.82 Å². The minimum Gasteiger partial charge on any atom is -0.377 e. The van der Waals surface area contributed by atoms with E-state index in [1.165, 1.54) is 18.9 Å². The molecule has 4 heteroatoms. The van der Waals surface area contributed by atoms with Crippen molar-refractivity contribution in [3.05, 3.63) is 34.1 Å². The molecule has 0 spiro atoms. The third kappa shape index (κ3) is 2.46. The zero-order valence-electron chi connectivity index (χ0n) is 10.9. The van der Waals surface area contributed by atoms with Crippen molar-refractivity contribution in [2.75, 3.05) is 13.2 Å². The van der Waals surface area contributed by atoms with E-state index in [-0.39, 0.29) is 17.3 Å². The van der Waals surface area contributed by atoms with Crippen LogP contribution in [0.5, 0.6) is 0 Å². The van der Waals surface area contributed by atoms with Crippen molar-refractivity contribution >= 4 is 15.9 Å². The highest BCUT2D eigenvalue weighted by Gasteiger charge is 2.50. The largest absolute Gasteiger partial charge is 0.377 e. The lowest BCUT2D eigenvalue weighted by Crippen LogP contribution is -2.41. The second-order valence-corrected chi connectivity index (χ2v) is 6.63. The molecule has 1 saturated heterocycles. The van der Waals surface area contributed by atoms with Crippen LogP contribution in [0, 0.1) is 17.2 Å². The van der Waals surface area contributed by atoms with Crippen molar-refractivity contribution < 1.29 is 9.13 Å².